The van der Waals surface area contributed by atoms with Gasteiger partial charge in [-0.15, -0.1) is 0 Å². The Bertz CT molecular complexity index is 381. The SMILES string of the molecule is CC(C)COS(=O)(=O)CCCc1ccc[nH]1. The van der Waals surface area contributed by atoms with Crippen LogP contribution in [0.25, 0.3) is 0 Å². The lowest BCUT2D eigenvalue weighted by molar-refractivity contribution is 0.275. The zero-order valence-corrected chi connectivity index (χ0v) is 10.6. The first-order valence-corrected chi connectivity index (χ1v) is 7.07. The van der Waals surface area contributed by atoms with Gasteiger partial charge in [0.2, 0.25) is 0 Å². The van der Waals surface area contributed by atoms with E-state index in [0.717, 1.165) is 12.1 Å². The Morgan fingerprint density at radius 3 is 2.75 bits per heavy atom. The Balaban J connectivity index is 2.26. The molecule has 0 saturated heterocycles. The molecular formula is C11H19NO3S. The highest BCUT2D eigenvalue weighted by Gasteiger charge is 2.11. The van der Waals surface area contributed by atoms with E-state index in [9.17, 15) is 8.42 Å². The minimum absolute atomic E-state index is 0.0821. The summed E-state index contributed by atoms with van der Waals surface area (Å²) < 4.78 is 27.7. The van der Waals surface area contributed by atoms with Gasteiger partial charge >= 0.3 is 0 Å². The van der Waals surface area contributed by atoms with Crippen LogP contribution in [0.1, 0.15) is 26.0 Å². The van der Waals surface area contributed by atoms with Gasteiger partial charge in [-0.05, 0) is 30.9 Å². The van der Waals surface area contributed by atoms with Gasteiger partial charge in [0.05, 0.1) is 12.4 Å². The molecule has 0 aromatic carbocycles. The number of rotatable bonds is 7. The molecule has 92 valence electrons. The lowest BCUT2D eigenvalue weighted by Crippen LogP contribution is -2.14. The summed E-state index contributed by atoms with van der Waals surface area (Å²) in [6, 6.07) is 3.85. The largest absolute Gasteiger partial charge is 0.365 e. The van der Waals surface area contributed by atoms with E-state index in [0.29, 0.717) is 6.42 Å². The summed E-state index contributed by atoms with van der Waals surface area (Å²) in [5, 5.41) is 0. The molecule has 0 amide bonds. The summed E-state index contributed by atoms with van der Waals surface area (Å²) in [6.07, 6.45) is 3.15. The average molecular weight is 245 g/mol. The molecule has 0 saturated carbocycles. The number of nitrogens with one attached hydrogen (secondary N) is 1. The molecule has 1 N–H and O–H groups in total. The van der Waals surface area contributed by atoms with Crippen molar-refractivity contribution in [3.63, 3.8) is 0 Å². The summed E-state index contributed by atoms with van der Waals surface area (Å²) in [7, 11) is -3.34. The average Bonchev–Trinajstić information content (AvgIpc) is 2.68. The molecule has 1 aromatic heterocycles. The van der Waals surface area contributed by atoms with Crippen LogP contribution < -0.4 is 0 Å². The minimum Gasteiger partial charge on any atom is -0.365 e. The van der Waals surface area contributed by atoms with Gasteiger partial charge in [0.1, 0.15) is 0 Å². The van der Waals surface area contributed by atoms with Gasteiger partial charge in [0, 0.05) is 11.9 Å². The molecule has 1 aromatic rings. The first-order chi connectivity index (χ1) is 7.49. The van der Waals surface area contributed by atoms with Crippen LogP contribution in [0.4, 0.5) is 0 Å². The number of H-pyrrole nitrogens is 1. The van der Waals surface area contributed by atoms with Crippen LogP contribution in [0.2, 0.25) is 0 Å². The third-order valence-electron chi connectivity index (χ3n) is 2.08. The molecule has 1 heterocycles. The highest BCUT2D eigenvalue weighted by Crippen LogP contribution is 2.05. The van der Waals surface area contributed by atoms with Crippen molar-refractivity contribution in [2.24, 2.45) is 5.92 Å². The number of aryl methyl sites for hydroxylation is 1. The van der Waals surface area contributed by atoms with Crippen molar-refractivity contribution < 1.29 is 12.6 Å². The van der Waals surface area contributed by atoms with Crippen molar-refractivity contribution in [2.75, 3.05) is 12.4 Å². The first kappa shape index (κ1) is 13.3. The molecule has 0 bridgehead atoms. The molecule has 0 aliphatic heterocycles. The molecule has 0 radical (unpaired) electrons. The summed E-state index contributed by atoms with van der Waals surface area (Å²) in [5.41, 5.74) is 1.05. The van der Waals surface area contributed by atoms with Crippen LogP contribution in [0.5, 0.6) is 0 Å². The molecule has 1 rings (SSSR count). The Labute approximate surface area is 97.1 Å². The fourth-order valence-corrected chi connectivity index (χ4v) is 2.36. The van der Waals surface area contributed by atoms with E-state index in [2.05, 4.69) is 4.98 Å². The molecule has 16 heavy (non-hydrogen) atoms. The van der Waals surface area contributed by atoms with Gasteiger partial charge in [0.15, 0.2) is 0 Å². The maximum Gasteiger partial charge on any atom is 0.267 e. The lowest BCUT2D eigenvalue weighted by Gasteiger charge is -2.07. The van der Waals surface area contributed by atoms with Gasteiger partial charge in [0.25, 0.3) is 10.1 Å². The van der Waals surface area contributed by atoms with Crippen LogP contribution in [0.15, 0.2) is 18.3 Å². The number of aromatic amines is 1. The highest BCUT2D eigenvalue weighted by molar-refractivity contribution is 7.86. The van der Waals surface area contributed by atoms with Crippen molar-refractivity contribution in [1.82, 2.24) is 4.98 Å². The smallest absolute Gasteiger partial charge is 0.267 e. The third kappa shape index (κ3) is 5.32. The zero-order chi connectivity index (χ0) is 12.0. The molecule has 0 aliphatic carbocycles. The van der Waals surface area contributed by atoms with Gasteiger partial charge < -0.3 is 4.98 Å². The minimum atomic E-state index is -3.34. The predicted octanol–water partition coefficient (Wildman–Crippen LogP) is 1.95. The van der Waals surface area contributed by atoms with Crippen molar-refractivity contribution in [3.8, 4) is 0 Å². The van der Waals surface area contributed by atoms with Gasteiger partial charge in [-0.25, -0.2) is 0 Å². The fourth-order valence-electron chi connectivity index (χ4n) is 1.26. The summed E-state index contributed by atoms with van der Waals surface area (Å²) in [5.74, 6) is 0.317. The van der Waals surface area contributed by atoms with Gasteiger partial charge in [-0.1, -0.05) is 13.8 Å². The van der Waals surface area contributed by atoms with E-state index in [4.69, 9.17) is 4.18 Å². The van der Waals surface area contributed by atoms with Crippen LogP contribution >= 0.6 is 0 Å². The number of hydrogen-bond acceptors (Lipinski definition) is 3. The quantitative estimate of drug-likeness (QED) is 0.747. The summed E-state index contributed by atoms with van der Waals surface area (Å²) in [4.78, 5) is 3.04. The molecule has 0 unspecified atom stereocenters. The molecular weight excluding hydrogens is 226 g/mol. The second-order valence-electron chi connectivity index (χ2n) is 4.24. The van der Waals surface area contributed by atoms with Crippen LogP contribution in [0, 0.1) is 5.92 Å². The topological polar surface area (TPSA) is 59.2 Å². The van der Waals surface area contributed by atoms with Crippen molar-refractivity contribution >= 4 is 10.1 Å². The predicted molar refractivity (Wildman–Crippen MR) is 63.7 cm³/mol. The van der Waals surface area contributed by atoms with Crippen molar-refractivity contribution in [3.05, 3.63) is 24.0 Å². The van der Waals surface area contributed by atoms with Crippen molar-refractivity contribution in [1.29, 1.82) is 0 Å². The molecule has 5 heteroatoms. The van der Waals surface area contributed by atoms with Crippen LogP contribution in [0.3, 0.4) is 0 Å². The van der Waals surface area contributed by atoms with E-state index in [1.54, 1.807) is 0 Å². The fraction of sp³-hybridized carbons (Fsp3) is 0.636. The van der Waals surface area contributed by atoms with E-state index < -0.39 is 10.1 Å². The van der Waals surface area contributed by atoms with E-state index in [1.165, 1.54) is 0 Å². The van der Waals surface area contributed by atoms with E-state index >= 15 is 0 Å². The van der Waals surface area contributed by atoms with Crippen molar-refractivity contribution in [2.45, 2.75) is 26.7 Å². The molecule has 0 aliphatic rings. The Morgan fingerprint density at radius 2 is 2.19 bits per heavy atom. The molecule has 0 spiro atoms. The van der Waals surface area contributed by atoms with E-state index in [1.807, 2.05) is 32.2 Å². The van der Waals surface area contributed by atoms with Gasteiger partial charge in [-0.2, -0.15) is 8.42 Å². The second-order valence-corrected chi connectivity index (χ2v) is 6.00. The maximum absolute atomic E-state index is 11.4. The highest BCUT2D eigenvalue weighted by atomic mass is 32.2. The molecule has 4 nitrogen and oxygen atoms in total. The molecule has 0 atom stereocenters. The first-order valence-electron chi connectivity index (χ1n) is 5.49. The maximum atomic E-state index is 11.4. The monoisotopic (exact) mass is 245 g/mol. The zero-order valence-electron chi connectivity index (χ0n) is 9.77. The lowest BCUT2D eigenvalue weighted by atomic mass is 10.2. The third-order valence-corrected chi connectivity index (χ3v) is 3.37. The van der Waals surface area contributed by atoms with Crippen LogP contribution in [-0.2, 0) is 20.7 Å². The van der Waals surface area contributed by atoms with E-state index in [-0.39, 0.29) is 18.3 Å². The number of hydrogen-bond donors (Lipinski definition) is 1. The number of aromatic nitrogens is 1. The Hall–Kier alpha value is -0.810. The Kier molecular flexibility index (Phi) is 5.02. The normalized spacial score (nSPS) is 12.2. The van der Waals surface area contributed by atoms with Gasteiger partial charge in [-0.3, -0.25) is 4.18 Å². The Morgan fingerprint density at radius 1 is 1.44 bits per heavy atom. The van der Waals surface area contributed by atoms with Crippen LogP contribution in [-0.4, -0.2) is 25.8 Å². The standard InChI is InChI=1S/C11H19NO3S/c1-10(2)9-15-16(13,14)8-4-6-11-5-3-7-12-11/h3,5,7,10,12H,4,6,8-9H2,1-2H3. The second kappa shape index (κ2) is 6.06. The summed E-state index contributed by atoms with van der Waals surface area (Å²) >= 11 is 0. The molecule has 0 fully saturated rings. The summed E-state index contributed by atoms with van der Waals surface area (Å²) in [6.45, 7) is 4.12.